The van der Waals surface area contributed by atoms with Gasteiger partial charge in [0.15, 0.2) is 11.5 Å². The zero-order valence-electron chi connectivity index (χ0n) is 15.8. The highest BCUT2D eigenvalue weighted by Gasteiger charge is 2.19. The number of carbonyl (C=O) groups is 1. The summed E-state index contributed by atoms with van der Waals surface area (Å²) in [5.41, 5.74) is 0.535. The second-order valence-electron chi connectivity index (χ2n) is 6.47. The first-order chi connectivity index (χ1) is 14.5. The van der Waals surface area contributed by atoms with Gasteiger partial charge in [-0.1, -0.05) is 17.7 Å². The van der Waals surface area contributed by atoms with Crippen LogP contribution in [0.15, 0.2) is 48.5 Å². The quantitative estimate of drug-likeness (QED) is 0.607. The fourth-order valence-corrected chi connectivity index (χ4v) is 3.27. The van der Waals surface area contributed by atoms with Crippen molar-refractivity contribution in [3.05, 3.63) is 70.8 Å². The maximum atomic E-state index is 14.7. The fourth-order valence-electron chi connectivity index (χ4n) is 3.07. The van der Waals surface area contributed by atoms with E-state index >= 15 is 0 Å². The number of carbonyl (C=O) groups excluding carboxylic acids is 1. The maximum Gasteiger partial charge on any atom is 0.258 e. The van der Waals surface area contributed by atoms with E-state index in [0.717, 1.165) is 6.07 Å². The van der Waals surface area contributed by atoms with E-state index in [1.807, 2.05) is 0 Å². The summed E-state index contributed by atoms with van der Waals surface area (Å²) >= 11 is 6.18. The van der Waals surface area contributed by atoms with Crippen LogP contribution >= 0.6 is 11.6 Å². The van der Waals surface area contributed by atoms with Crippen LogP contribution in [0.4, 0.5) is 14.5 Å². The van der Waals surface area contributed by atoms with Crippen LogP contribution in [0, 0.1) is 11.6 Å². The second kappa shape index (κ2) is 8.20. The zero-order valence-corrected chi connectivity index (χ0v) is 16.6. The molecule has 0 saturated heterocycles. The number of benzene rings is 3. The number of halogens is 3. The van der Waals surface area contributed by atoms with Crippen molar-refractivity contribution in [1.82, 2.24) is 0 Å². The predicted molar refractivity (Wildman–Crippen MR) is 109 cm³/mol. The first-order valence-electron chi connectivity index (χ1n) is 9.00. The van der Waals surface area contributed by atoms with Crippen LogP contribution in [0.25, 0.3) is 11.1 Å². The van der Waals surface area contributed by atoms with Crippen molar-refractivity contribution in [2.45, 2.75) is 0 Å². The molecule has 0 spiro atoms. The number of amides is 1. The van der Waals surface area contributed by atoms with Crippen molar-refractivity contribution in [1.29, 1.82) is 0 Å². The second-order valence-corrected chi connectivity index (χ2v) is 6.88. The Kier molecular flexibility index (Phi) is 5.46. The van der Waals surface area contributed by atoms with Crippen molar-refractivity contribution < 1.29 is 27.8 Å². The Hall–Kier alpha value is -3.32. The Morgan fingerprint density at radius 2 is 1.73 bits per heavy atom. The lowest BCUT2D eigenvalue weighted by molar-refractivity contribution is 0.102. The third kappa shape index (κ3) is 3.89. The smallest absolute Gasteiger partial charge is 0.258 e. The molecular weight excluding hydrogens is 416 g/mol. The van der Waals surface area contributed by atoms with Gasteiger partial charge in [0, 0.05) is 23.8 Å². The molecule has 0 radical (unpaired) electrons. The number of methoxy groups -OCH3 is 1. The molecule has 1 heterocycles. The highest BCUT2D eigenvalue weighted by Crippen LogP contribution is 2.38. The van der Waals surface area contributed by atoms with E-state index in [0.29, 0.717) is 36.0 Å². The number of rotatable bonds is 4. The molecule has 0 fully saturated rings. The molecule has 30 heavy (non-hydrogen) atoms. The summed E-state index contributed by atoms with van der Waals surface area (Å²) in [7, 11) is 1.43. The number of hydrogen-bond acceptors (Lipinski definition) is 4. The monoisotopic (exact) mass is 431 g/mol. The van der Waals surface area contributed by atoms with Crippen LogP contribution in [-0.4, -0.2) is 26.2 Å². The van der Waals surface area contributed by atoms with E-state index in [4.69, 9.17) is 25.8 Å². The zero-order chi connectivity index (χ0) is 21.3. The first kappa shape index (κ1) is 20.0. The molecule has 1 aliphatic rings. The molecular formula is C22H16ClF2NO4. The summed E-state index contributed by atoms with van der Waals surface area (Å²) in [5.74, 6) is -0.798. The van der Waals surface area contributed by atoms with Gasteiger partial charge in [0.05, 0.1) is 23.4 Å². The lowest BCUT2D eigenvalue weighted by atomic mass is 10.0. The van der Waals surface area contributed by atoms with Crippen molar-refractivity contribution in [3.63, 3.8) is 0 Å². The van der Waals surface area contributed by atoms with Crippen LogP contribution in [0.2, 0.25) is 5.02 Å². The average molecular weight is 432 g/mol. The lowest BCUT2D eigenvalue weighted by Gasteiger charge is -2.20. The number of anilines is 1. The number of nitrogens with one attached hydrogen (secondary N) is 1. The highest BCUT2D eigenvalue weighted by molar-refractivity contribution is 6.34. The third-order valence-corrected chi connectivity index (χ3v) is 4.89. The molecule has 0 unspecified atom stereocenters. The molecule has 0 atom stereocenters. The van der Waals surface area contributed by atoms with Crippen LogP contribution in [-0.2, 0) is 0 Å². The lowest BCUT2D eigenvalue weighted by Crippen LogP contribution is -2.17. The largest absolute Gasteiger partial charge is 0.497 e. The molecule has 1 N–H and O–H groups in total. The van der Waals surface area contributed by atoms with E-state index in [1.165, 1.54) is 43.5 Å². The molecule has 4 rings (SSSR count). The van der Waals surface area contributed by atoms with Crippen molar-refractivity contribution >= 4 is 23.2 Å². The molecule has 1 aliphatic heterocycles. The predicted octanol–water partition coefficient (Wildman–Crippen LogP) is 5.32. The van der Waals surface area contributed by atoms with Crippen LogP contribution < -0.4 is 19.5 Å². The summed E-state index contributed by atoms with van der Waals surface area (Å²) in [5, 5.41) is 2.79. The molecule has 3 aromatic rings. The standard InChI is InChI=1S/C22H16ClF2NO4/c1-28-13-3-5-14(18(25)9-13)12-2-4-15(17(24)8-12)22(27)26-19-11-21-20(10-16(19)23)29-6-7-30-21/h2-5,8-11H,6-7H2,1H3,(H,26,27). The van der Waals surface area contributed by atoms with Crippen LogP contribution in [0.5, 0.6) is 17.2 Å². The Balaban J connectivity index is 1.58. The number of fused-ring (bicyclic) bond motifs is 1. The minimum Gasteiger partial charge on any atom is -0.497 e. The van der Waals surface area contributed by atoms with Crippen LogP contribution in [0.1, 0.15) is 10.4 Å². The van der Waals surface area contributed by atoms with Gasteiger partial charge in [-0.3, -0.25) is 4.79 Å². The van der Waals surface area contributed by atoms with E-state index in [-0.39, 0.29) is 21.8 Å². The molecule has 8 heteroatoms. The molecule has 1 amide bonds. The molecule has 154 valence electrons. The van der Waals surface area contributed by atoms with Gasteiger partial charge in [0.1, 0.15) is 30.6 Å². The number of hydrogen-bond donors (Lipinski definition) is 1. The summed E-state index contributed by atoms with van der Waals surface area (Å²) in [6.45, 7) is 0.779. The minimum atomic E-state index is -0.797. The van der Waals surface area contributed by atoms with Crippen molar-refractivity contribution in [3.8, 4) is 28.4 Å². The topological polar surface area (TPSA) is 56.8 Å². The Morgan fingerprint density at radius 1 is 1.00 bits per heavy atom. The van der Waals surface area contributed by atoms with Gasteiger partial charge in [-0.15, -0.1) is 0 Å². The van der Waals surface area contributed by atoms with E-state index in [2.05, 4.69) is 5.32 Å². The van der Waals surface area contributed by atoms with E-state index < -0.39 is 17.5 Å². The van der Waals surface area contributed by atoms with Gasteiger partial charge < -0.3 is 19.5 Å². The Bertz CT molecular complexity index is 1140. The van der Waals surface area contributed by atoms with Gasteiger partial charge in [0.25, 0.3) is 5.91 Å². The highest BCUT2D eigenvalue weighted by atomic mass is 35.5. The summed E-state index contributed by atoms with van der Waals surface area (Å²) < 4.78 is 44.8. The molecule has 3 aromatic carbocycles. The summed E-state index contributed by atoms with van der Waals surface area (Å²) in [4.78, 5) is 12.6. The van der Waals surface area contributed by atoms with E-state index in [1.54, 1.807) is 6.07 Å². The Labute approximate surface area is 176 Å². The molecule has 5 nitrogen and oxygen atoms in total. The minimum absolute atomic E-state index is 0.191. The van der Waals surface area contributed by atoms with Crippen molar-refractivity contribution in [2.75, 3.05) is 25.6 Å². The van der Waals surface area contributed by atoms with Gasteiger partial charge >= 0.3 is 0 Å². The first-order valence-corrected chi connectivity index (χ1v) is 9.38. The van der Waals surface area contributed by atoms with Crippen molar-refractivity contribution in [2.24, 2.45) is 0 Å². The molecule has 0 saturated carbocycles. The van der Waals surface area contributed by atoms with Gasteiger partial charge in [-0.2, -0.15) is 0 Å². The molecule has 0 bridgehead atoms. The van der Waals surface area contributed by atoms with Gasteiger partial charge in [-0.25, -0.2) is 8.78 Å². The normalized spacial score (nSPS) is 12.4. The Morgan fingerprint density at radius 3 is 2.40 bits per heavy atom. The molecule has 0 aliphatic carbocycles. The maximum absolute atomic E-state index is 14.7. The summed E-state index contributed by atoms with van der Waals surface area (Å²) in [6, 6.07) is 11.2. The fraction of sp³-hybridized carbons (Fsp3) is 0.136. The number of ether oxygens (including phenoxy) is 3. The SMILES string of the molecule is COc1ccc(-c2ccc(C(=O)Nc3cc4c(cc3Cl)OCCO4)c(F)c2)c(F)c1. The average Bonchev–Trinajstić information content (AvgIpc) is 2.74. The molecule has 0 aromatic heterocycles. The third-order valence-electron chi connectivity index (χ3n) is 4.58. The van der Waals surface area contributed by atoms with Crippen LogP contribution in [0.3, 0.4) is 0 Å². The van der Waals surface area contributed by atoms with E-state index in [9.17, 15) is 13.6 Å². The van der Waals surface area contributed by atoms with Gasteiger partial charge in [0.2, 0.25) is 0 Å². The summed E-state index contributed by atoms with van der Waals surface area (Å²) in [6.07, 6.45) is 0. The van der Waals surface area contributed by atoms with Gasteiger partial charge in [-0.05, 0) is 29.8 Å².